The number of ether oxygens (including phenoxy) is 1. The van der Waals surface area contributed by atoms with Gasteiger partial charge >= 0.3 is 0 Å². The van der Waals surface area contributed by atoms with Gasteiger partial charge in [-0.15, -0.1) is 0 Å². The SMILES string of the molecule is COc1ccccc1CCNC(=O)c1ccnc(Nc2ccc(C#N)cc2)c1. The minimum absolute atomic E-state index is 0.167. The molecule has 0 saturated heterocycles. The lowest BCUT2D eigenvalue weighted by Gasteiger charge is -2.10. The Balaban J connectivity index is 1.59. The minimum Gasteiger partial charge on any atom is -0.496 e. The van der Waals surface area contributed by atoms with Crippen molar-refractivity contribution in [1.82, 2.24) is 10.3 Å². The number of nitriles is 1. The van der Waals surface area contributed by atoms with E-state index in [2.05, 4.69) is 21.7 Å². The number of carbonyl (C=O) groups excluding carboxylic acids is 1. The Morgan fingerprint density at radius 3 is 2.68 bits per heavy atom. The number of nitrogens with zero attached hydrogens (tertiary/aromatic N) is 2. The number of para-hydroxylation sites is 1. The first-order chi connectivity index (χ1) is 13.7. The molecule has 140 valence electrons. The molecule has 3 aromatic rings. The maximum Gasteiger partial charge on any atom is 0.251 e. The number of aromatic nitrogens is 1. The van der Waals surface area contributed by atoms with E-state index >= 15 is 0 Å². The van der Waals surface area contributed by atoms with E-state index in [0.29, 0.717) is 29.9 Å². The smallest absolute Gasteiger partial charge is 0.251 e. The van der Waals surface area contributed by atoms with Crippen molar-refractivity contribution in [3.8, 4) is 11.8 Å². The maximum atomic E-state index is 12.4. The molecule has 2 aromatic carbocycles. The third-order valence-electron chi connectivity index (χ3n) is 4.18. The maximum absolute atomic E-state index is 12.4. The Bertz CT molecular complexity index is 994. The van der Waals surface area contributed by atoms with Crippen molar-refractivity contribution in [2.45, 2.75) is 6.42 Å². The fourth-order valence-electron chi connectivity index (χ4n) is 2.74. The molecule has 1 aromatic heterocycles. The van der Waals surface area contributed by atoms with Crippen LogP contribution in [0.1, 0.15) is 21.5 Å². The zero-order chi connectivity index (χ0) is 19.8. The van der Waals surface area contributed by atoms with Crippen molar-refractivity contribution in [2.24, 2.45) is 0 Å². The molecule has 0 atom stereocenters. The second kappa shape index (κ2) is 9.19. The average molecular weight is 372 g/mol. The summed E-state index contributed by atoms with van der Waals surface area (Å²) in [6, 6.07) is 20.2. The molecular formula is C22H20N4O2. The van der Waals surface area contributed by atoms with Crippen LogP contribution in [0.15, 0.2) is 66.9 Å². The van der Waals surface area contributed by atoms with Crippen molar-refractivity contribution in [3.05, 3.63) is 83.6 Å². The number of methoxy groups -OCH3 is 1. The standard InChI is InChI=1S/C22H20N4O2/c1-28-20-5-3-2-4-17(20)10-13-25-22(27)18-11-12-24-21(14-18)26-19-8-6-16(15-23)7-9-19/h2-9,11-12,14H,10,13H2,1H3,(H,24,26)(H,25,27). The summed E-state index contributed by atoms with van der Waals surface area (Å²) in [4.78, 5) is 16.7. The topological polar surface area (TPSA) is 87.0 Å². The number of carbonyl (C=O) groups is 1. The molecule has 0 unspecified atom stereocenters. The number of benzene rings is 2. The second-order valence-corrected chi connectivity index (χ2v) is 6.06. The van der Waals surface area contributed by atoms with Crippen LogP contribution in [0.5, 0.6) is 5.75 Å². The van der Waals surface area contributed by atoms with Gasteiger partial charge < -0.3 is 15.4 Å². The van der Waals surface area contributed by atoms with E-state index in [4.69, 9.17) is 10.00 Å². The van der Waals surface area contributed by atoms with E-state index in [1.54, 1.807) is 49.7 Å². The first kappa shape index (κ1) is 18.9. The molecule has 0 bridgehead atoms. The Kier molecular flexibility index (Phi) is 6.21. The lowest BCUT2D eigenvalue weighted by Crippen LogP contribution is -2.25. The summed E-state index contributed by atoms with van der Waals surface area (Å²) in [6.45, 7) is 0.500. The number of anilines is 2. The molecule has 0 aliphatic rings. The highest BCUT2D eigenvalue weighted by molar-refractivity contribution is 5.94. The largest absolute Gasteiger partial charge is 0.496 e. The molecule has 0 spiro atoms. The van der Waals surface area contributed by atoms with Crippen LogP contribution < -0.4 is 15.4 Å². The van der Waals surface area contributed by atoms with Crippen molar-refractivity contribution < 1.29 is 9.53 Å². The zero-order valence-corrected chi connectivity index (χ0v) is 15.5. The Hall–Kier alpha value is -3.85. The van der Waals surface area contributed by atoms with Gasteiger partial charge in [0.15, 0.2) is 0 Å². The number of pyridine rings is 1. The van der Waals surface area contributed by atoms with Crippen LogP contribution in [0.25, 0.3) is 0 Å². The number of nitrogens with one attached hydrogen (secondary N) is 2. The summed E-state index contributed by atoms with van der Waals surface area (Å²) in [6.07, 6.45) is 2.26. The van der Waals surface area contributed by atoms with Gasteiger partial charge in [0.2, 0.25) is 0 Å². The van der Waals surface area contributed by atoms with E-state index in [9.17, 15) is 4.79 Å². The van der Waals surface area contributed by atoms with Crippen molar-refractivity contribution >= 4 is 17.4 Å². The van der Waals surface area contributed by atoms with Crippen LogP contribution in [0, 0.1) is 11.3 Å². The molecule has 1 amide bonds. The lowest BCUT2D eigenvalue weighted by atomic mass is 10.1. The number of amides is 1. The molecule has 0 radical (unpaired) electrons. The fourth-order valence-corrected chi connectivity index (χ4v) is 2.74. The van der Waals surface area contributed by atoms with Crippen molar-refractivity contribution in [1.29, 1.82) is 5.26 Å². The number of hydrogen-bond donors (Lipinski definition) is 2. The van der Waals surface area contributed by atoms with Crippen LogP contribution in [-0.4, -0.2) is 24.5 Å². The molecule has 0 aliphatic carbocycles. The van der Waals surface area contributed by atoms with E-state index in [1.165, 1.54) is 0 Å². The fraction of sp³-hybridized carbons (Fsp3) is 0.136. The molecule has 1 heterocycles. The first-order valence-electron chi connectivity index (χ1n) is 8.83. The van der Waals surface area contributed by atoms with Crippen molar-refractivity contribution in [2.75, 3.05) is 19.0 Å². The van der Waals surface area contributed by atoms with Crippen LogP contribution in [-0.2, 0) is 6.42 Å². The van der Waals surface area contributed by atoms with Gasteiger partial charge in [-0.3, -0.25) is 4.79 Å². The summed E-state index contributed by atoms with van der Waals surface area (Å²) in [5.41, 5.74) is 2.94. The highest BCUT2D eigenvalue weighted by atomic mass is 16.5. The van der Waals surface area contributed by atoms with Gasteiger partial charge in [-0.25, -0.2) is 4.98 Å². The Labute approximate surface area is 163 Å². The van der Waals surface area contributed by atoms with Gasteiger partial charge in [0.1, 0.15) is 11.6 Å². The minimum atomic E-state index is -0.167. The summed E-state index contributed by atoms with van der Waals surface area (Å²) < 4.78 is 5.33. The quantitative estimate of drug-likeness (QED) is 0.661. The second-order valence-electron chi connectivity index (χ2n) is 6.06. The zero-order valence-electron chi connectivity index (χ0n) is 15.5. The third kappa shape index (κ3) is 4.86. The third-order valence-corrected chi connectivity index (χ3v) is 4.18. The number of rotatable bonds is 7. The highest BCUT2D eigenvalue weighted by Crippen LogP contribution is 2.18. The molecule has 2 N–H and O–H groups in total. The summed E-state index contributed by atoms with van der Waals surface area (Å²) in [5, 5.41) is 14.9. The lowest BCUT2D eigenvalue weighted by molar-refractivity contribution is 0.0954. The van der Waals surface area contributed by atoms with Gasteiger partial charge in [0, 0.05) is 24.0 Å². The predicted octanol–water partition coefficient (Wildman–Crippen LogP) is 3.68. The van der Waals surface area contributed by atoms with Gasteiger partial charge in [0.05, 0.1) is 18.7 Å². The van der Waals surface area contributed by atoms with Crippen LogP contribution in [0.2, 0.25) is 0 Å². The van der Waals surface area contributed by atoms with Crippen LogP contribution >= 0.6 is 0 Å². The predicted molar refractivity (Wildman–Crippen MR) is 108 cm³/mol. The van der Waals surface area contributed by atoms with E-state index in [0.717, 1.165) is 17.0 Å². The Morgan fingerprint density at radius 1 is 1.14 bits per heavy atom. The van der Waals surface area contributed by atoms with Crippen molar-refractivity contribution in [3.63, 3.8) is 0 Å². The summed E-state index contributed by atoms with van der Waals surface area (Å²) in [7, 11) is 1.64. The van der Waals surface area contributed by atoms with E-state index in [1.807, 2.05) is 24.3 Å². The molecule has 0 aliphatic heterocycles. The monoisotopic (exact) mass is 372 g/mol. The Morgan fingerprint density at radius 2 is 1.93 bits per heavy atom. The number of hydrogen-bond acceptors (Lipinski definition) is 5. The molecule has 3 rings (SSSR count). The molecule has 0 saturated carbocycles. The average Bonchev–Trinajstić information content (AvgIpc) is 2.74. The van der Waals surface area contributed by atoms with Crippen LogP contribution in [0.4, 0.5) is 11.5 Å². The first-order valence-corrected chi connectivity index (χ1v) is 8.83. The molecule has 6 nitrogen and oxygen atoms in total. The highest BCUT2D eigenvalue weighted by Gasteiger charge is 2.08. The normalized spacial score (nSPS) is 10.0. The van der Waals surface area contributed by atoms with Gasteiger partial charge in [-0.1, -0.05) is 18.2 Å². The van der Waals surface area contributed by atoms with Crippen LogP contribution in [0.3, 0.4) is 0 Å². The summed E-state index contributed by atoms with van der Waals surface area (Å²) in [5.74, 6) is 1.21. The molecule has 6 heteroatoms. The van der Waals surface area contributed by atoms with E-state index < -0.39 is 0 Å². The summed E-state index contributed by atoms with van der Waals surface area (Å²) >= 11 is 0. The van der Waals surface area contributed by atoms with Gasteiger partial charge in [-0.05, 0) is 54.4 Å². The van der Waals surface area contributed by atoms with Gasteiger partial charge in [0.25, 0.3) is 5.91 Å². The molecular weight excluding hydrogens is 352 g/mol. The van der Waals surface area contributed by atoms with Gasteiger partial charge in [-0.2, -0.15) is 5.26 Å². The molecule has 28 heavy (non-hydrogen) atoms. The van der Waals surface area contributed by atoms with E-state index in [-0.39, 0.29) is 5.91 Å². The molecule has 0 fully saturated rings.